The summed E-state index contributed by atoms with van der Waals surface area (Å²) in [4.78, 5) is 0. The molecule has 106 valence electrons. The molecular formula is C18H19N3. The highest BCUT2D eigenvalue weighted by Gasteiger charge is 2.02. The van der Waals surface area contributed by atoms with Crippen LogP contribution in [0.3, 0.4) is 0 Å². The van der Waals surface area contributed by atoms with Crippen molar-refractivity contribution in [3.8, 4) is 5.69 Å². The van der Waals surface area contributed by atoms with E-state index < -0.39 is 0 Å². The van der Waals surface area contributed by atoms with E-state index >= 15 is 0 Å². The van der Waals surface area contributed by atoms with E-state index in [4.69, 9.17) is 0 Å². The molecule has 3 aromatic rings. The maximum Gasteiger partial charge on any atom is 0.0819 e. The maximum absolute atomic E-state index is 4.60. The molecule has 0 unspecified atom stereocenters. The van der Waals surface area contributed by atoms with Crippen LogP contribution in [0.4, 0.5) is 5.69 Å². The van der Waals surface area contributed by atoms with Crippen molar-refractivity contribution in [2.45, 2.75) is 20.4 Å². The van der Waals surface area contributed by atoms with Gasteiger partial charge >= 0.3 is 0 Å². The number of benzene rings is 2. The lowest BCUT2D eigenvalue weighted by Crippen LogP contribution is -2.03. The number of rotatable bonds is 4. The van der Waals surface area contributed by atoms with Gasteiger partial charge in [-0.25, -0.2) is 4.68 Å². The highest BCUT2D eigenvalue weighted by Crippen LogP contribution is 2.17. The van der Waals surface area contributed by atoms with E-state index in [-0.39, 0.29) is 0 Å². The molecule has 3 rings (SSSR count). The molecule has 0 bridgehead atoms. The smallest absolute Gasteiger partial charge is 0.0819 e. The second-order valence-electron chi connectivity index (χ2n) is 5.26. The van der Waals surface area contributed by atoms with Gasteiger partial charge in [0.25, 0.3) is 0 Å². The molecular weight excluding hydrogens is 258 g/mol. The Morgan fingerprint density at radius 3 is 2.57 bits per heavy atom. The minimum atomic E-state index is 0.726. The van der Waals surface area contributed by atoms with Gasteiger partial charge in [0.05, 0.1) is 17.9 Å². The van der Waals surface area contributed by atoms with Crippen molar-refractivity contribution < 1.29 is 0 Å². The van der Waals surface area contributed by atoms with Gasteiger partial charge < -0.3 is 5.32 Å². The third-order valence-corrected chi connectivity index (χ3v) is 3.51. The van der Waals surface area contributed by atoms with E-state index in [1.807, 2.05) is 47.3 Å². The van der Waals surface area contributed by atoms with Gasteiger partial charge in [-0.3, -0.25) is 0 Å². The quantitative estimate of drug-likeness (QED) is 0.778. The molecule has 3 heteroatoms. The summed E-state index contributed by atoms with van der Waals surface area (Å²) in [5, 5.41) is 8.04. The van der Waals surface area contributed by atoms with Crippen molar-refractivity contribution in [1.82, 2.24) is 9.78 Å². The molecule has 0 saturated carbocycles. The Labute approximate surface area is 125 Å². The van der Waals surface area contributed by atoms with Gasteiger partial charge in [0.2, 0.25) is 0 Å². The third kappa shape index (κ3) is 3.14. The van der Waals surface area contributed by atoms with Crippen LogP contribution in [0.5, 0.6) is 0 Å². The number of aryl methyl sites for hydroxylation is 2. The zero-order valence-corrected chi connectivity index (χ0v) is 12.4. The fraction of sp³-hybridized carbons (Fsp3) is 0.167. The summed E-state index contributed by atoms with van der Waals surface area (Å²) in [5.41, 5.74) is 5.81. The average molecular weight is 277 g/mol. The number of hydrogen-bond acceptors (Lipinski definition) is 2. The number of para-hydroxylation sites is 1. The number of hydrogen-bond donors (Lipinski definition) is 1. The molecule has 1 aromatic heterocycles. The highest BCUT2D eigenvalue weighted by atomic mass is 15.3. The van der Waals surface area contributed by atoms with Gasteiger partial charge in [-0.1, -0.05) is 35.9 Å². The van der Waals surface area contributed by atoms with Crippen LogP contribution < -0.4 is 5.32 Å². The molecule has 0 amide bonds. The molecule has 0 atom stereocenters. The Hall–Kier alpha value is -2.55. The van der Waals surface area contributed by atoms with E-state index in [0.29, 0.717) is 0 Å². The Morgan fingerprint density at radius 2 is 1.81 bits per heavy atom. The van der Waals surface area contributed by atoms with E-state index in [1.54, 1.807) is 0 Å². The van der Waals surface area contributed by atoms with Gasteiger partial charge in [0.1, 0.15) is 0 Å². The fourth-order valence-electron chi connectivity index (χ4n) is 2.38. The van der Waals surface area contributed by atoms with Gasteiger partial charge in [-0.2, -0.15) is 5.10 Å². The summed E-state index contributed by atoms with van der Waals surface area (Å²) in [6.45, 7) is 4.96. The predicted octanol–water partition coefficient (Wildman–Crippen LogP) is 4.10. The van der Waals surface area contributed by atoms with Crippen LogP contribution in [0.2, 0.25) is 0 Å². The third-order valence-electron chi connectivity index (χ3n) is 3.51. The molecule has 21 heavy (non-hydrogen) atoms. The molecule has 0 radical (unpaired) electrons. The first-order valence-electron chi connectivity index (χ1n) is 7.13. The first kappa shape index (κ1) is 13.4. The second-order valence-corrected chi connectivity index (χ2v) is 5.26. The summed E-state index contributed by atoms with van der Waals surface area (Å²) in [5.74, 6) is 0. The standard InChI is InChI=1S/C18H19N3/c1-14-8-9-18(15(2)12-14)19-13-16-10-11-21(20-16)17-6-4-3-5-7-17/h3-12,19H,13H2,1-2H3. The van der Waals surface area contributed by atoms with Crippen molar-refractivity contribution in [1.29, 1.82) is 0 Å². The topological polar surface area (TPSA) is 29.9 Å². The lowest BCUT2D eigenvalue weighted by Gasteiger charge is -2.08. The molecule has 2 aromatic carbocycles. The van der Waals surface area contributed by atoms with Crippen LogP contribution in [0, 0.1) is 13.8 Å². The Morgan fingerprint density at radius 1 is 1.00 bits per heavy atom. The van der Waals surface area contributed by atoms with Gasteiger partial charge in [-0.15, -0.1) is 0 Å². The summed E-state index contributed by atoms with van der Waals surface area (Å²) in [7, 11) is 0. The first-order chi connectivity index (χ1) is 10.2. The van der Waals surface area contributed by atoms with Crippen LogP contribution >= 0.6 is 0 Å². The highest BCUT2D eigenvalue weighted by molar-refractivity contribution is 5.52. The van der Waals surface area contributed by atoms with Crippen LogP contribution in [0.1, 0.15) is 16.8 Å². The van der Waals surface area contributed by atoms with E-state index in [1.165, 1.54) is 11.1 Å². The Balaban J connectivity index is 1.70. The average Bonchev–Trinajstić information content (AvgIpc) is 2.96. The first-order valence-corrected chi connectivity index (χ1v) is 7.13. The molecule has 1 heterocycles. The van der Waals surface area contributed by atoms with Crippen LogP contribution in [-0.2, 0) is 6.54 Å². The predicted molar refractivity (Wildman–Crippen MR) is 86.8 cm³/mol. The van der Waals surface area contributed by atoms with Crippen molar-refractivity contribution >= 4 is 5.69 Å². The molecule has 3 nitrogen and oxygen atoms in total. The second kappa shape index (κ2) is 5.83. The fourth-order valence-corrected chi connectivity index (χ4v) is 2.38. The summed E-state index contributed by atoms with van der Waals surface area (Å²) < 4.78 is 1.90. The van der Waals surface area contributed by atoms with Gasteiger partial charge in [-0.05, 0) is 43.7 Å². The molecule has 1 N–H and O–H groups in total. The number of aromatic nitrogens is 2. The van der Waals surface area contributed by atoms with Crippen molar-refractivity contribution in [3.05, 3.63) is 77.6 Å². The van der Waals surface area contributed by atoms with Crippen LogP contribution in [-0.4, -0.2) is 9.78 Å². The van der Waals surface area contributed by atoms with Crippen molar-refractivity contribution in [3.63, 3.8) is 0 Å². The number of nitrogens with zero attached hydrogens (tertiary/aromatic N) is 2. The number of anilines is 1. The Bertz CT molecular complexity index is 729. The number of nitrogens with one attached hydrogen (secondary N) is 1. The van der Waals surface area contributed by atoms with Gasteiger partial charge in [0.15, 0.2) is 0 Å². The zero-order valence-electron chi connectivity index (χ0n) is 12.4. The summed E-state index contributed by atoms with van der Waals surface area (Å²) >= 11 is 0. The van der Waals surface area contributed by atoms with Crippen LogP contribution in [0.25, 0.3) is 5.69 Å². The molecule has 0 spiro atoms. The normalized spacial score (nSPS) is 10.6. The minimum absolute atomic E-state index is 0.726. The van der Waals surface area contributed by atoms with Crippen LogP contribution in [0.15, 0.2) is 60.8 Å². The molecule has 0 fully saturated rings. The zero-order chi connectivity index (χ0) is 14.7. The molecule has 0 aliphatic rings. The Kier molecular flexibility index (Phi) is 3.73. The monoisotopic (exact) mass is 277 g/mol. The lowest BCUT2D eigenvalue weighted by molar-refractivity contribution is 0.844. The lowest BCUT2D eigenvalue weighted by atomic mass is 10.1. The molecule has 0 aliphatic heterocycles. The van der Waals surface area contributed by atoms with E-state index in [9.17, 15) is 0 Å². The van der Waals surface area contributed by atoms with E-state index in [0.717, 1.165) is 23.6 Å². The largest absolute Gasteiger partial charge is 0.379 e. The molecule has 0 aliphatic carbocycles. The van der Waals surface area contributed by atoms with Gasteiger partial charge in [0, 0.05) is 11.9 Å². The molecule has 0 saturated heterocycles. The van der Waals surface area contributed by atoms with Crippen molar-refractivity contribution in [2.24, 2.45) is 0 Å². The van der Waals surface area contributed by atoms with E-state index in [2.05, 4.69) is 42.5 Å². The minimum Gasteiger partial charge on any atom is -0.379 e. The van der Waals surface area contributed by atoms with Crippen molar-refractivity contribution in [2.75, 3.05) is 5.32 Å². The summed E-state index contributed by atoms with van der Waals surface area (Å²) in [6.07, 6.45) is 1.99. The SMILES string of the molecule is Cc1ccc(NCc2ccn(-c3ccccc3)n2)c(C)c1. The summed E-state index contributed by atoms with van der Waals surface area (Å²) in [6, 6.07) is 18.6. The maximum atomic E-state index is 4.60.